The molecule has 0 spiro atoms. The summed E-state index contributed by atoms with van der Waals surface area (Å²) in [6, 6.07) is 0. The van der Waals surface area contributed by atoms with Gasteiger partial charge in [-0.1, -0.05) is 216 Å². The van der Waals surface area contributed by atoms with Crippen molar-refractivity contribution in [2.75, 3.05) is 13.2 Å². The van der Waals surface area contributed by atoms with Crippen LogP contribution in [0.1, 0.15) is 233 Å². The van der Waals surface area contributed by atoms with Crippen molar-refractivity contribution in [2.45, 2.75) is 239 Å². The second-order valence-corrected chi connectivity index (χ2v) is 16.0. The van der Waals surface area contributed by atoms with Gasteiger partial charge in [0.1, 0.15) is 13.2 Å². The van der Waals surface area contributed by atoms with Crippen molar-refractivity contribution in [1.29, 1.82) is 0 Å². The number of carbonyl (C=O) groups is 3. The van der Waals surface area contributed by atoms with Gasteiger partial charge in [-0.05, 0) is 57.8 Å². The molecule has 0 N–H and O–H groups in total. The van der Waals surface area contributed by atoms with Crippen LogP contribution >= 0.6 is 0 Å². The van der Waals surface area contributed by atoms with E-state index >= 15 is 0 Å². The molecule has 0 aromatic rings. The van der Waals surface area contributed by atoms with Crippen molar-refractivity contribution < 1.29 is 28.6 Å². The Hall–Kier alpha value is -2.89. The molecule has 334 valence electrons. The van der Waals surface area contributed by atoms with E-state index in [2.05, 4.69) is 81.5 Å². The maximum absolute atomic E-state index is 12.7. The van der Waals surface area contributed by atoms with Gasteiger partial charge in [-0.25, -0.2) is 0 Å². The first kappa shape index (κ1) is 55.1. The van der Waals surface area contributed by atoms with Crippen LogP contribution in [0.5, 0.6) is 0 Å². The van der Waals surface area contributed by atoms with Gasteiger partial charge < -0.3 is 14.2 Å². The van der Waals surface area contributed by atoms with E-state index in [-0.39, 0.29) is 37.5 Å². The highest BCUT2D eigenvalue weighted by atomic mass is 16.6. The quantitative estimate of drug-likeness (QED) is 0.0264. The standard InChI is InChI=1S/C52H90O6/c1-4-7-10-13-15-17-19-21-23-25-27-28-30-32-34-36-39-42-45-51(54)57-48-49(47-56-50(53)44-41-38-12-9-6-3)58-52(55)46-43-40-37-35-33-31-29-26-24-22-20-18-16-14-11-8-5-2/h8,11,16,18,22,24,29,31,35,37,49H,4-7,9-10,12-15,17,19-21,23,25-28,30,32-34,36,38-48H2,1-3H3/b11-8-,18-16-,24-22-,31-29-,37-35-. The minimum atomic E-state index is -0.797. The monoisotopic (exact) mass is 811 g/mol. The molecule has 0 heterocycles. The highest BCUT2D eigenvalue weighted by molar-refractivity contribution is 5.71. The number of carbonyl (C=O) groups excluding carboxylic acids is 3. The van der Waals surface area contributed by atoms with Gasteiger partial charge in [-0.15, -0.1) is 0 Å². The summed E-state index contributed by atoms with van der Waals surface area (Å²) >= 11 is 0. The van der Waals surface area contributed by atoms with Gasteiger partial charge in [-0.3, -0.25) is 14.4 Å². The summed E-state index contributed by atoms with van der Waals surface area (Å²) in [5.74, 6) is -0.966. The van der Waals surface area contributed by atoms with Crippen LogP contribution in [-0.4, -0.2) is 37.2 Å². The summed E-state index contributed by atoms with van der Waals surface area (Å²) in [5, 5.41) is 0. The maximum Gasteiger partial charge on any atom is 0.306 e. The third kappa shape index (κ3) is 44.2. The van der Waals surface area contributed by atoms with E-state index in [1.165, 1.54) is 103 Å². The number of ether oxygens (including phenoxy) is 3. The Kier molecular flexibility index (Phi) is 44.5. The second-order valence-electron chi connectivity index (χ2n) is 16.0. The molecule has 0 saturated heterocycles. The Balaban J connectivity index is 4.26. The van der Waals surface area contributed by atoms with Crippen molar-refractivity contribution in [1.82, 2.24) is 0 Å². The molecule has 6 nitrogen and oxygen atoms in total. The van der Waals surface area contributed by atoms with Crippen LogP contribution in [0.25, 0.3) is 0 Å². The number of rotatable bonds is 43. The average molecular weight is 811 g/mol. The molecular formula is C52H90O6. The van der Waals surface area contributed by atoms with E-state index in [1.54, 1.807) is 0 Å². The van der Waals surface area contributed by atoms with Gasteiger partial charge in [0.05, 0.1) is 0 Å². The largest absolute Gasteiger partial charge is 0.462 e. The van der Waals surface area contributed by atoms with Crippen LogP contribution in [0.15, 0.2) is 60.8 Å². The fourth-order valence-corrected chi connectivity index (χ4v) is 6.65. The highest BCUT2D eigenvalue weighted by Crippen LogP contribution is 2.15. The summed E-state index contributed by atoms with van der Waals surface area (Å²) in [7, 11) is 0. The summed E-state index contributed by atoms with van der Waals surface area (Å²) in [6.07, 6.45) is 56.8. The fraction of sp³-hybridized carbons (Fsp3) is 0.750. The van der Waals surface area contributed by atoms with Crippen molar-refractivity contribution in [3.05, 3.63) is 60.8 Å². The fourth-order valence-electron chi connectivity index (χ4n) is 6.65. The van der Waals surface area contributed by atoms with Gasteiger partial charge in [0.2, 0.25) is 0 Å². The molecule has 0 amide bonds. The summed E-state index contributed by atoms with van der Waals surface area (Å²) in [4.78, 5) is 37.6. The highest BCUT2D eigenvalue weighted by Gasteiger charge is 2.19. The van der Waals surface area contributed by atoms with Gasteiger partial charge in [0, 0.05) is 19.3 Å². The lowest BCUT2D eigenvalue weighted by molar-refractivity contribution is -0.167. The molecule has 6 heteroatoms. The van der Waals surface area contributed by atoms with Gasteiger partial charge >= 0.3 is 17.9 Å². The van der Waals surface area contributed by atoms with Crippen molar-refractivity contribution in [3.63, 3.8) is 0 Å². The lowest BCUT2D eigenvalue weighted by Gasteiger charge is -2.18. The lowest BCUT2D eigenvalue weighted by atomic mass is 10.0. The molecule has 58 heavy (non-hydrogen) atoms. The molecule has 0 aromatic heterocycles. The maximum atomic E-state index is 12.7. The topological polar surface area (TPSA) is 78.9 Å². The zero-order valence-corrected chi connectivity index (χ0v) is 38.0. The molecule has 1 atom stereocenters. The molecule has 0 rings (SSSR count). The van der Waals surface area contributed by atoms with E-state index in [0.29, 0.717) is 19.3 Å². The second kappa shape index (κ2) is 46.8. The minimum absolute atomic E-state index is 0.0951. The van der Waals surface area contributed by atoms with Gasteiger partial charge in [0.15, 0.2) is 6.10 Å². The molecular weight excluding hydrogens is 721 g/mol. The van der Waals surface area contributed by atoms with Crippen molar-refractivity contribution >= 4 is 17.9 Å². The van der Waals surface area contributed by atoms with Crippen LogP contribution < -0.4 is 0 Å². The van der Waals surface area contributed by atoms with Crippen molar-refractivity contribution in [3.8, 4) is 0 Å². The predicted octanol–water partition coefficient (Wildman–Crippen LogP) is 15.7. The molecule has 0 radical (unpaired) electrons. The first-order chi connectivity index (χ1) is 28.5. The van der Waals surface area contributed by atoms with Crippen LogP contribution in [0.2, 0.25) is 0 Å². The van der Waals surface area contributed by atoms with Crippen LogP contribution in [0.3, 0.4) is 0 Å². The Morgan fingerprint density at radius 1 is 0.362 bits per heavy atom. The smallest absolute Gasteiger partial charge is 0.306 e. The Morgan fingerprint density at radius 3 is 1.03 bits per heavy atom. The number of esters is 3. The zero-order valence-electron chi connectivity index (χ0n) is 38.0. The predicted molar refractivity (Wildman–Crippen MR) is 247 cm³/mol. The number of hydrogen-bond donors (Lipinski definition) is 0. The number of hydrogen-bond acceptors (Lipinski definition) is 6. The van der Waals surface area contributed by atoms with E-state index in [9.17, 15) is 14.4 Å². The van der Waals surface area contributed by atoms with Crippen molar-refractivity contribution in [2.24, 2.45) is 0 Å². The molecule has 0 aliphatic heterocycles. The van der Waals surface area contributed by atoms with E-state index in [0.717, 1.165) is 83.5 Å². The van der Waals surface area contributed by atoms with E-state index < -0.39 is 6.10 Å². The van der Waals surface area contributed by atoms with Gasteiger partial charge in [-0.2, -0.15) is 0 Å². The van der Waals surface area contributed by atoms with E-state index in [1.807, 2.05) is 0 Å². The Bertz CT molecular complexity index is 1070. The SMILES string of the molecule is CC/C=C\C/C=C\C/C=C\C/C=C\C/C=C\CCCC(=O)OC(COC(=O)CCCCCCC)COC(=O)CCCCCCCCCCCCCCCCCCCC. The first-order valence-corrected chi connectivity index (χ1v) is 24.3. The molecule has 0 aromatic carbocycles. The van der Waals surface area contributed by atoms with Gasteiger partial charge in [0.25, 0.3) is 0 Å². The molecule has 0 aliphatic rings. The molecule has 0 bridgehead atoms. The normalized spacial score (nSPS) is 12.5. The summed E-state index contributed by atoms with van der Waals surface area (Å²) in [5.41, 5.74) is 0. The summed E-state index contributed by atoms with van der Waals surface area (Å²) in [6.45, 7) is 6.40. The zero-order chi connectivity index (χ0) is 42.3. The molecule has 0 saturated carbocycles. The van der Waals surface area contributed by atoms with Crippen LogP contribution in [0, 0.1) is 0 Å². The molecule has 0 fully saturated rings. The lowest BCUT2D eigenvalue weighted by Crippen LogP contribution is -2.30. The average Bonchev–Trinajstić information content (AvgIpc) is 3.22. The number of allylic oxidation sites excluding steroid dienone is 10. The van der Waals surface area contributed by atoms with Crippen LogP contribution in [-0.2, 0) is 28.6 Å². The molecule has 1 unspecified atom stereocenters. The minimum Gasteiger partial charge on any atom is -0.462 e. The Labute approximate surface area is 358 Å². The molecule has 0 aliphatic carbocycles. The Morgan fingerprint density at radius 2 is 0.672 bits per heavy atom. The third-order valence-electron chi connectivity index (χ3n) is 10.3. The summed E-state index contributed by atoms with van der Waals surface area (Å²) < 4.78 is 16.6. The number of unbranched alkanes of at least 4 members (excludes halogenated alkanes) is 22. The first-order valence-electron chi connectivity index (χ1n) is 24.3. The van der Waals surface area contributed by atoms with Crippen LogP contribution in [0.4, 0.5) is 0 Å². The van der Waals surface area contributed by atoms with E-state index in [4.69, 9.17) is 14.2 Å². The third-order valence-corrected chi connectivity index (χ3v) is 10.3.